The molecule has 0 aliphatic carbocycles. The monoisotopic (exact) mass is 301 g/mol. The first kappa shape index (κ1) is 14.3. The summed E-state index contributed by atoms with van der Waals surface area (Å²) in [5.74, 6) is 0.556. The number of benzene rings is 1. The van der Waals surface area contributed by atoms with Crippen LogP contribution in [0, 0.1) is 5.92 Å². The molecule has 1 aromatic rings. The Morgan fingerprint density at radius 1 is 1.32 bits per heavy atom. The topological polar surface area (TPSA) is 63.2 Å². The number of hydrogen-bond donors (Lipinski definition) is 1. The molecule has 1 amide bonds. The lowest BCUT2D eigenvalue weighted by Gasteiger charge is -2.09. The predicted molar refractivity (Wildman–Crippen MR) is 75.2 cm³/mol. The van der Waals surface area contributed by atoms with E-state index in [0.29, 0.717) is 30.0 Å². The molecule has 1 fully saturated rings. The van der Waals surface area contributed by atoms with Gasteiger partial charge in [0, 0.05) is 17.1 Å². The molecule has 19 heavy (non-hydrogen) atoms. The van der Waals surface area contributed by atoms with Gasteiger partial charge in [0.15, 0.2) is 9.84 Å². The summed E-state index contributed by atoms with van der Waals surface area (Å²) in [6.07, 6.45) is 1.41. The molecular weight excluding hydrogens is 286 g/mol. The molecule has 1 saturated heterocycles. The molecule has 1 atom stereocenters. The van der Waals surface area contributed by atoms with Crippen LogP contribution in [-0.4, -0.2) is 32.4 Å². The van der Waals surface area contributed by atoms with Gasteiger partial charge in [-0.2, -0.15) is 0 Å². The molecule has 2 rings (SSSR count). The van der Waals surface area contributed by atoms with Crippen molar-refractivity contribution < 1.29 is 13.2 Å². The number of nitrogens with one attached hydrogen (secondary N) is 1. The van der Waals surface area contributed by atoms with Crippen molar-refractivity contribution in [1.29, 1.82) is 0 Å². The summed E-state index contributed by atoms with van der Waals surface area (Å²) in [5, 5.41) is 3.39. The van der Waals surface area contributed by atoms with Gasteiger partial charge in [-0.15, -0.1) is 0 Å². The van der Waals surface area contributed by atoms with Crippen LogP contribution in [0.2, 0.25) is 5.02 Å². The Balaban J connectivity index is 1.77. The predicted octanol–water partition coefficient (Wildman–Crippen LogP) is 1.89. The van der Waals surface area contributed by atoms with E-state index in [-0.39, 0.29) is 23.3 Å². The number of halogens is 1. The summed E-state index contributed by atoms with van der Waals surface area (Å²) in [6.45, 7) is 0.502. The molecule has 6 heteroatoms. The quantitative estimate of drug-likeness (QED) is 0.924. The molecule has 104 valence electrons. The minimum Gasteiger partial charge on any atom is -0.352 e. The van der Waals surface area contributed by atoms with Crippen LogP contribution in [0.4, 0.5) is 0 Å². The van der Waals surface area contributed by atoms with Crippen LogP contribution >= 0.6 is 11.6 Å². The first-order chi connectivity index (χ1) is 8.96. The first-order valence-electron chi connectivity index (χ1n) is 6.20. The van der Waals surface area contributed by atoms with Crippen LogP contribution in [0.5, 0.6) is 0 Å². The third kappa shape index (κ3) is 4.21. The van der Waals surface area contributed by atoms with Crippen LogP contribution in [0.1, 0.15) is 23.2 Å². The number of rotatable bonds is 4. The van der Waals surface area contributed by atoms with E-state index in [4.69, 9.17) is 11.6 Å². The van der Waals surface area contributed by atoms with E-state index in [1.54, 1.807) is 24.3 Å². The fourth-order valence-corrected chi connectivity index (χ4v) is 4.23. The van der Waals surface area contributed by atoms with E-state index in [1.807, 2.05) is 0 Å². The van der Waals surface area contributed by atoms with Crippen molar-refractivity contribution in [2.24, 2.45) is 5.92 Å². The molecule has 1 aliphatic heterocycles. The van der Waals surface area contributed by atoms with Gasteiger partial charge < -0.3 is 5.32 Å². The van der Waals surface area contributed by atoms with Gasteiger partial charge in [0.2, 0.25) is 0 Å². The van der Waals surface area contributed by atoms with Gasteiger partial charge in [-0.3, -0.25) is 4.79 Å². The van der Waals surface area contributed by atoms with Gasteiger partial charge in [-0.25, -0.2) is 8.42 Å². The minimum atomic E-state index is -2.83. The maximum atomic E-state index is 11.8. The van der Waals surface area contributed by atoms with Crippen molar-refractivity contribution in [1.82, 2.24) is 5.32 Å². The number of carbonyl (C=O) groups is 1. The second kappa shape index (κ2) is 5.92. The number of carbonyl (C=O) groups excluding carboxylic acids is 1. The molecule has 0 saturated carbocycles. The van der Waals surface area contributed by atoms with Gasteiger partial charge in [0.25, 0.3) is 5.91 Å². The summed E-state index contributed by atoms with van der Waals surface area (Å²) >= 11 is 5.74. The molecule has 4 nitrogen and oxygen atoms in total. The molecule has 1 heterocycles. The fourth-order valence-electron chi connectivity index (χ4n) is 2.19. The van der Waals surface area contributed by atoms with Crippen LogP contribution in [0.25, 0.3) is 0 Å². The van der Waals surface area contributed by atoms with Crippen molar-refractivity contribution in [3.63, 3.8) is 0 Å². The second-order valence-corrected chi connectivity index (χ2v) is 7.49. The fraction of sp³-hybridized carbons (Fsp3) is 0.462. The molecule has 0 radical (unpaired) electrons. The maximum absolute atomic E-state index is 11.8. The highest BCUT2D eigenvalue weighted by Gasteiger charge is 2.27. The molecular formula is C13H16ClNO3S. The summed E-state index contributed by atoms with van der Waals surface area (Å²) in [6, 6.07) is 6.66. The molecule has 0 aromatic heterocycles. The molecule has 1 unspecified atom stereocenters. The van der Waals surface area contributed by atoms with Gasteiger partial charge in [0.1, 0.15) is 0 Å². The van der Waals surface area contributed by atoms with E-state index in [9.17, 15) is 13.2 Å². The molecule has 1 aliphatic rings. The van der Waals surface area contributed by atoms with Gasteiger partial charge in [-0.1, -0.05) is 11.6 Å². The normalized spacial score (nSPS) is 21.2. The molecule has 1 N–H and O–H groups in total. The van der Waals surface area contributed by atoms with Crippen LogP contribution in [-0.2, 0) is 9.84 Å². The van der Waals surface area contributed by atoms with Crippen molar-refractivity contribution in [3.05, 3.63) is 34.9 Å². The SMILES string of the molecule is O=C(NCCC1CCS(=O)(=O)C1)c1ccc(Cl)cc1. The zero-order valence-electron chi connectivity index (χ0n) is 10.4. The summed E-state index contributed by atoms with van der Waals surface area (Å²) in [4.78, 5) is 11.8. The average Bonchev–Trinajstić information content (AvgIpc) is 2.69. The van der Waals surface area contributed by atoms with E-state index >= 15 is 0 Å². The largest absolute Gasteiger partial charge is 0.352 e. The molecule has 0 bridgehead atoms. The minimum absolute atomic E-state index is 0.155. The highest BCUT2D eigenvalue weighted by molar-refractivity contribution is 7.91. The number of amides is 1. The zero-order chi connectivity index (χ0) is 13.9. The highest BCUT2D eigenvalue weighted by atomic mass is 35.5. The van der Waals surface area contributed by atoms with E-state index in [2.05, 4.69) is 5.32 Å². The van der Waals surface area contributed by atoms with Crippen molar-refractivity contribution in [3.8, 4) is 0 Å². The molecule has 0 spiro atoms. The third-order valence-electron chi connectivity index (χ3n) is 3.27. The Kier molecular flexibility index (Phi) is 4.47. The van der Waals surface area contributed by atoms with E-state index in [0.717, 1.165) is 0 Å². The van der Waals surface area contributed by atoms with Crippen LogP contribution < -0.4 is 5.32 Å². The first-order valence-corrected chi connectivity index (χ1v) is 8.40. The van der Waals surface area contributed by atoms with Crippen molar-refractivity contribution in [2.45, 2.75) is 12.8 Å². The Morgan fingerprint density at radius 2 is 2.00 bits per heavy atom. The Morgan fingerprint density at radius 3 is 2.58 bits per heavy atom. The van der Waals surface area contributed by atoms with E-state index in [1.165, 1.54) is 0 Å². The highest BCUT2D eigenvalue weighted by Crippen LogP contribution is 2.20. The van der Waals surface area contributed by atoms with Gasteiger partial charge >= 0.3 is 0 Å². The number of sulfone groups is 1. The van der Waals surface area contributed by atoms with Gasteiger partial charge in [0.05, 0.1) is 11.5 Å². The smallest absolute Gasteiger partial charge is 0.251 e. The summed E-state index contributed by atoms with van der Waals surface area (Å²) in [7, 11) is -2.83. The third-order valence-corrected chi connectivity index (χ3v) is 5.36. The lowest BCUT2D eigenvalue weighted by molar-refractivity contribution is 0.0952. The Hall–Kier alpha value is -1.07. The van der Waals surface area contributed by atoms with E-state index < -0.39 is 9.84 Å². The summed E-state index contributed by atoms with van der Waals surface area (Å²) in [5.41, 5.74) is 0.559. The standard InChI is InChI=1S/C13H16ClNO3S/c14-12-3-1-11(2-4-12)13(16)15-7-5-10-6-8-19(17,18)9-10/h1-4,10H,5-9H2,(H,15,16). The van der Waals surface area contributed by atoms with Crippen molar-refractivity contribution >= 4 is 27.3 Å². The average molecular weight is 302 g/mol. The summed E-state index contributed by atoms with van der Waals surface area (Å²) < 4.78 is 22.6. The van der Waals surface area contributed by atoms with Gasteiger partial charge in [-0.05, 0) is 43.0 Å². The lowest BCUT2D eigenvalue weighted by atomic mass is 10.1. The van der Waals surface area contributed by atoms with Crippen molar-refractivity contribution in [2.75, 3.05) is 18.1 Å². The van der Waals surface area contributed by atoms with Crippen LogP contribution in [0.15, 0.2) is 24.3 Å². The Labute approximate surface area is 118 Å². The zero-order valence-corrected chi connectivity index (χ0v) is 12.0. The maximum Gasteiger partial charge on any atom is 0.251 e. The molecule has 1 aromatic carbocycles. The Bertz CT molecular complexity index is 554. The van der Waals surface area contributed by atoms with Crippen LogP contribution in [0.3, 0.4) is 0 Å². The second-order valence-electron chi connectivity index (χ2n) is 4.82. The lowest BCUT2D eigenvalue weighted by Crippen LogP contribution is -2.26. The number of hydrogen-bond acceptors (Lipinski definition) is 3.